The maximum absolute atomic E-state index is 12.6. The van der Waals surface area contributed by atoms with Crippen LogP contribution in [0.3, 0.4) is 0 Å². The molecule has 0 atom stereocenters. The molecule has 1 aliphatic heterocycles. The average molecular weight is 343 g/mol. The molecule has 132 valence electrons. The zero-order valence-electron chi connectivity index (χ0n) is 14.4. The fourth-order valence-corrected chi connectivity index (χ4v) is 2.74. The number of anilines is 1. The molecule has 0 aliphatic carbocycles. The Labute approximate surface area is 146 Å². The standard InChI is InChI=1S/C17H21N5O3/c1-24-14-12-15(25-2)20-17(19-14)22-9-3-8-21(10-11-22)16(23)13-4-6-18-7-5-13/h4-7,12H,3,8-11H2,1-2H3. The van der Waals surface area contributed by atoms with Crippen LogP contribution in [0.4, 0.5) is 5.95 Å². The van der Waals surface area contributed by atoms with Crippen LogP contribution in [0.1, 0.15) is 16.8 Å². The van der Waals surface area contributed by atoms with E-state index in [1.165, 1.54) is 0 Å². The number of amides is 1. The van der Waals surface area contributed by atoms with Crippen LogP contribution in [0.15, 0.2) is 30.6 Å². The van der Waals surface area contributed by atoms with Crippen LogP contribution in [0.5, 0.6) is 11.8 Å². The molecule has 0 aromatic carbocycles. The van der Waals surface area contributed by atoms with Gasteiger partial charge in [0.2, 0.25) is 17.7 Å². The highest BCUT2D eigenvalue weighted by Gasteiger charge is 2.22. The number of carbonyl (C=O) groups is 1. The molecule has 2 aromatic rings. The lowest BCUT2D eigenvalue weighted by atomic mass is 10.2. The van der Waals surface area contributed by atoms with Gasteiger partial charge in [0, 0.05) is 44.1 Å². The molecule has 0 bridgehead atoms. The summed E-state index contributed by atoms with van der Waals surface area (Å²) in [7, 11) is 3.12. The van der Waals surface area contributed by atoms with Gasteiger partial charge >= 0.3 is 0 Å². The first kappa shape index (κ1) is 16.9. The number of aromatic nitrogens is 3. The van der Waals surface area contributed by atoms with Crippen LogP contribution >= 0.6 is 0 Å². The Balaban J connectivity index is 1.72. The Morgan fingerprint density at radius 2 is 1.68 bits per heavy atom. The van der Waals surface area contributed by atoms with Crippen molar-refractivity contribution in [3.8, 4) is 11.8 Å². The minimum atomic E-state index is 0.0217. The third kappa shape index (κ3) is 3.96. The third-order valence-corrected chi connectivity index (χ3v) is 4.08. The summed E-state index contributed by atoms with van der Waals surface area (Å²) in [5.41, 5.74) is 0.655. The maximum atomic E-state index is 12.6. The minimum Gasteiger partial charge on any atom is -0.481 e. The van der Waals surface area contributed by atoms with Gasteiger partial charge in [0.15, 0.2) is 0 Å². The summed E-state index contributed by atoms with van der Waals surface area (Å²) < 4.78 is 10.4. The average Bonchev–Trinajstić information content (AvgIpc) is 2.94. The van der Waals surface area contributed by atoms with Gasteiger partial charge in [0.05, 0.1) is 20.3 Å². The van der Waals surface area contributed by atoms with E-state index < -0.39 is 0 Å². The molecular formula is C17H21N5O3. The van der Waals surface area contributed by atoms with Crippen molar-refractivity contribution in [1.82, 2.24) is 19.9 Å². The van der Waals surface area contributed by atoms with Crippen molar-refractivity contribution >= 4 is 11.9 Å². The Morgan fingerprint density at radius 1 is 1.00 bits per heavy atom. The second kappa shape index (κ2) is 7.78. The van der Waals surface area contributed by atoms with Crippen LogP contribution in [0.25, 0.3) is 0 Å². The smallest absolute Gasteiger partial charge is 0.254 e. The summed E-state index contributed by atoms with van der Waals surface area (Å²) in [5.74, 6) is 1.48. The van der Waals surface area contributed by atoms with E-state index in [2.05, 4.69) is 15.0 Å². The molecule has 1 fully saturated rings. The molecular weight excluding hydrogens is 322 g/mol. The zero-order chi connectivity index (χ0) is 17.6. The summed E-state index contributed by atoms with van der Waals surface area (Å²) in [5, 5.41) is 0. The van der Waals surface area contributed by atoms with Gasteiger partial charge in [-0.3, -0.25) is 9.78 Å². The topological polar surface area (TPSA) is 80.7 Å². The minimum absolute atomic E-state index is 0.0217. The molecule has 0 spiro atoms. The Bertz CT molecular complexity index is 703. The van der Waals surface area contributed by atoms with Crippen molar-refractivity contribution in [1.29, 1.82) is 0 Å². The van der Waals surface area contributed by atoms with Gasteiger partial charge in [0.25, 0.3) is 5.91 Å². The fourth-order valence-electron chi connectivity index (χ4n) is 2.74. The van der Waals surface area contributed by atoms with Gasteiger partial charge in [-0.2, -0.15) is 9.97 Å². The van der Waals surface area contributed by atoms with Gasteiger partial charge in [-0.25, -0.2) is 0 Å². The molecule has 1 aliphatic rings. The van der Waals surface area contributed by atoms with E-state index in [-0.39, 0.29) is 5.91 Å². The van der Waals surface area contributed by atoms with Gasteiger partial charge in [-0.05, 0) is 18.6 Å². The molecule has 3 heterocycles. The number of nitrogens with zero attached hydrogens (tertiary/aromatic N) is 5. The fraction of sp³-hybridized carbons (Fsp3) is 0.412. The van der Waals surface area contributed by atoms with Crippen LogP contribution in [0, 0.1) is 0 Å². The summed E-state index contributed by atoms with van der Waals surface area (Å²) in [6, 6.07) is 5.11. The molecule has 1 saturated heterocycles. The predicted octanol–water partition coefficient (Wildman–Crippen LogP) is 1.24. The summed E-state index contributed by atoms with van der Waals surface area (Å²) in [6.45, 7) is 2.70. The van der Waals surface area contributed by atoms with Crippen LogP contribution in [-0.2, 0) is 0 Å². The Hall–Kier alpha value is -2.90. The zero-order valence-corrected chi connectivity index (χ0v) is 14.4. The van der Waals surface area contributed by atoms with E-state index >= 15 is 0 Å². The first-order valence-electron chi connectivity index (χ1n) is 8.12. The first-order chi connectivity index (χ1) is 12.2. The molecule has 8 nitrogen and oxygen atoms in total. The van der Waals surface area contributed by atoms with Crippen molar-refractivity contribution in [3.05, 3.63) is 36.2 Å². The molecule has 1 amide bonds. The normalized spacial score (nSPS) is 14.8. The van der Waals surface area contributed by atoms with Gasteiger partial charge < -0.3 is 19.3 Å². The Morgan fingerprint density at radius 3 is 2.32 bits per heavy atom. The first-order valence-corrected chi connectivity index (χ1v) is 8.12. The van der Waals surface area contributed by atoms with E-state index in [4.69, 9.17) is 9.47 Å². The molecule has 0 unspecified atom stereocenters. The molecule has 0 saturated carbocycles. The van der Waals surface area contributed by atoms with E-state index in [9.17, 15) is 4.79 Å². The number of rotatable bonds is 4. The maximum Gasteiger partial charge on any atom is 0.254 e. The van der Waals surface area contributed by atoms with Gasteiger partial charge in [-0.1, -0.05) is 0 Å². The summed E-state index contributed by atoms with van der Waals surface area (Å²) >= 11 is 0. The van der Waals surface area contributed by atoms with Crippen molar-refractivity contribution < 1.29 is 14.3 Å². The van der Waals surface area contributed by atoms with E-state index in [1.54, 1.807) is 44.8 Å². The highest BCUT2D eigenvalue weighted by Crippen LogP contribution is 2.21. The monoisotopic (exact) mass is 343 g/mol. The van der Waals surface area contributed by atoms with Crippen molar-refractivity contribution in [2.75, 3.05) is 45.3 Å². The van der Waals surface area contributed by atoms with Crippen LogP contribution in [0.2, 0.25) is 0 Å². The summed E-state index contributed by atoms with van der Waals surface area (Å²) in [4.78, 5) is 29.3. The van der Waals surface area contributed by atoms with Gasteiger partial charge in [0.1, 0.15) is 0 Å². The second-order valence-corrected chi connectivity index (χ2v) is 5.62. The lowest BCUT2D eigenvalue weighted by molar-refractivity contribution is 0.0767. The third-order valence-electron chi connectivity index (χ3n) is 4.08. The Kier molecular flexibility index (Phi) is 5.27. The lowest BCUT2D eigenvalue weighted by Gasteiger charge is -2.22. The second-order valence-electron chi connectivity index (χ2n) is 5.62. The quantitative estimate of drug-likeness (QED) is 0.826. The van der Waals surface area contributed by atoms with Crippen molar-refractivity contribution in [2.45, 2.75) is 6.42 Å². The number of ether oxygens (including phenoxy) is 2. The molecule has 25 heavy (non-hydrogen) atoms. The number of hydrogen-bond acceptors (Lipinski definition) is 7. The highest BCUT2D eigenvalue weighted by atomic mass is 16.5. The number of methoxy groups -OCH3 is 2. The van der Waals surface area contributed by atoms with Crippen molar-refractivity contribution in [2.24, 2.45) is 0 Å². The highest BCUT2D eigenvalue weighted by molar-refractivity contribution is 5.94. The lowest BCUT2D eigenvalue weighted by Crippen LogP contribution is -2.35. The van der Waals surface area contributed by atoms with Crippen molar-refractivity contribution in [3.63, 3.8) is 0 Å². The molecule has 0 radical (unpaired) electrons. The number of pyridine rings is 1. The number of hydrogen-bond donors (Lipinski definition) is 0. The van der Waals surface area contributed by atoms with Crippen LogP contribution in [-0.4, -0.2) is 66.2 Å². The van der Waals surface area contributed by atoms with Crippen LogP contribution < -0.4 is 14.4 Å². The van der Waals surface area contributed by atoms with E-state index in [0.717, 1.165) is 13.0 Å². The largest absolute Gasteiger partial charge is 0.481 e. The van der Waals surface area contributed by atoms with E-state index in [1.807, 2.05) is 9.80 Å². The molecule has 2 aromatic heterocycles. The molecule has 3 rings (SSSR count). The predicted molar refractivity (Wildman–Crippen MR) is 92.1 cm³/mol. The summed E-state index contributed by atoms with van der Waals surface area (Å²) in [6.07, 6.45) is 4.10. The SMILES string of the molecule is COc1cc(OC)nc(N2CCCN(C(=O)c3ccncc3)CC2)n1. The van der Waals surface area contributed by atoms with Gasteiger partial charge in [-0.15, -0.1) is 0 Å². The number of carbonyl (C=O) groups excluding carboxylic acids is 1. The molecule has 0 N–H and O–H groups in total. The molecule has 8 heteroatoms. The van der Waals surface area contributed by atoms with E-state index in [0.29, 0.717) is 42.9 Å².